The van der Waals surface area contributed by atoms with Gasteiger partial charge in [0.05, 0.1) is 27.5 Å². The van der Waals surface area contributed by atoms with E-state index in [4.69, 9.17) is 9.47 Å². The Labute approximate surface area is 157 Å². The largest absolute Gasteiger partial charge is 0.489 e. The number of nitrogens with one attached hydrogen (secondary N) is 1. The van der Waals surface area contributed by atoms with E-state index in [9.17, 15) is 4.79 Å². The van der Waals surface area contributed by atoms with Crippen LogP contribution >= 0.6 is 11.3 Å². The van der Waals surface area contributed by atoms with Crippen molar-refractivity contribution in [2.75, 3.05) is 25.6 Å². The molecule has 0 radical (unpaired) electrons. The normalized spacial score (nSPS) is 10.8. The van der Waals surface area contributed by atoms with Gasteiger partial charge in [0.1, 0.15) is 12.4 Å². The summed E-state index contributed by atoms with van der Waals surface area (Å²) < 4.78 is 11.9. The molecule has 0 aliphatic carbocycles. The highest BCUT2D eigenvalue weighted by atomic mass is 32.1. The molecule has 1 amide bonds. The predicted octanol–water partition coefficient (Wildman–Crippen LogP) is 4.20. The summed E-state index contributed by atoms with van der Waals surface area (Å²) in [6.45, 7) is 2.93. The Morgan fingerprint density at radius 1 is 1.19 bits per heavy atom. The molecule has 0 unspecified atom stereocenters. The van der Waals surface area contributed by atoms with E-state index < -0.39 is 0 Å². The number of nitrogens with zero attached hydrogens (tertiary/aromatic N) is 1. The van der Waals surface area contributed by atoms with Gasteiger partial charge in [-0.2, -0.15) is 0 Å². The maximum atomic E-state index is 12.4. The Morgan fingerprint density at radius 3 is 2.85 bits per heavy atom. The number of benzene rings is 2. The van der Waals surface area contributed by atoms with Crippen LogP contribution in [0.3, 0.4) is 0 Å². The third-order valence-corrected chi connectivity index (χ3v) is 4.96. The minimum atomic E-state index is -0.0512. The summed E-state index contributed by atoms with van der Waals surface area (Å²) in [4.78, 5) is 16.9. The highest BCUT2D eigenvalue weighted by Gasteiger charge is 2.10. The van der Waals surface area contributed by atoms with Crippen molar-refractivity contribution in [1.29, 1.82) is 0 Å². The monoisotopic (exact) mass is 370 g/mol. The minimum absolute atomic E-state index is 0.0512. The molecular formula is C20H22N2O3S. The van der Waals surface area contributed by atoms with Crippen LogP contribution in [-0.4, -0.2) is 31.2 Å². The van der Waals surface area contributed by atoms with Crippen molar-refractivity contribution < 1.29 is 14.3 Å². The van der Waals surface area contributed by atoms with Crippen molar-refractivity contribution in [3.8, 4) is 5.75 Å². The molecule has 5 nitrogen and oxygen atoms in total. The second-order valence-electron chi connectivity index (χ2n) is 5.96. The van der Waals surface area contributed by atoms with Crippen LogP contribution < -0.4 is 10.1 Å². The Hall–Kier alpha value is -2.44. The number of ether oxygens (including phenoxy) is 2. The molecule has 0 aliphatic rings. The predicted molar refractivity (Wildman–Crippen MR) is 105 cm³/mol. The van der Waals surface area contributed by atoms with Gasteiger partial charge in [-0.1, -0.05) is 18.2 Å². The number of rotatable bonds is 8. The zero-order chi connectivity index (χ0) is 18.4. The molecule has 1 N–H and O–H groups in total. The second-order valence-corrected chi connectivity index (χ2v) is 7.08. The first-order chi connectivity index (χ1) is 12.7. The zero-order valence-electron chi connectivity index (χ0n) is 15.0. The summed E-state index contributed by atoms with van der Waals surface area (Å²) >= 11 is 1.63. The van der Waals surface area contributed by atoms with Gasteiger partial charge in [-0.15, -0.1) is 11.3 Å². The number of methoxy groups -OCH3 is 1. The number of aryl methyl sites for hydroxylation is 2. The Bertz CT molecular complexity index is 859. The molecule has 0 fully saturated rings. The first-order valence-electron chi connectivity index (χ1n) is 8.52. The van der Waals surface area contributed by atoms with Crippen molar-refractivity contribution in [1.82, 2.24) is 4.98 Å². The molecule has 1 aromatic heterocycles. The van der Waals surface area contributed by atoms with Gasteiger partial charge in [-0.25, -0.2) is 4.98 Å². The van der Waals surface area contributed by atoms with Crippen LogP contribution in [0.1, 0.15) is 17.0 Å². The van der Waals surface area contributed by atoms with Gasteiger partial charge in [-0.3, -0.25) is 4.79 Å². The number of thiazole rings is 1. The zero-order valence-corrected chi connectivity index (χ0v) is 15.8. The van der Waals surface area contributed by atoms with E-state index in [1.165, 1.54) is 0 Å². The first-order valence-corrected chi connectivity index (χ1v) is 9.34. The van der Waals surface area contributed by atoms with Gasteiger partial charge in [0.25, 0.3) is 0 Å². The summed E-state index contributed by atoms with van der Waals surface area (Å²) in [6.07, 6.45) is 1.00. The summed E-state index contributed by atoms with van der Waals surface area (Å²) in [5.41, 5.74) is 2.74. The van der Waals surface area contributed by atoms with E-state index in [2.05, 4.69) is 10.3 Å². The summed E-state index contributed by atoms with van der Waals surface area (Å²) in [5, 5.41) is 3.91. The van der Waals surface area contributed by atoms with Crippen molar-refractivity contribution in [3.05, 3.63) is 53.0 Å². The van der Waals surface area contributed by atoms with Gasteiger partial charge in [-0.05, 0) is 36.8 Å². The number of carbonyl (C=O) groups is 1. The van der Waals surface area contributed by atoms with Gasteiger partial charge in [0, 0.05) is 20.0 Å². The van der Waals surface area contributed by atoms with Crippen LogP contribution in [0.5, 0.6) is 5.75 Å². The first kappa shape index (κ1) is 18.4. The van der Waals surface area contributed by atoms with Crippen molar-refractivity contribution >= 4 is 33.1 Å². The number of amides is 1. The molecule has 0 aliphatic heterocycles. The third-order valence-electron chi connectivity index (χ3n) is 3.86. The van der Waals surface area contributed by atoms with Crippen LogP contribution in [-0.2, 0) is 16.0 Å². The molecule has 26 heavy (non-hydrogen) atoms. The minimum Gasteiger partial charge on any atom is -0.489 e. The average molecular weight is 370 g/mol. The fourth-order valence-corrected chi connectivity index (χ4v) is 3.51. The van der Waals surface area contributed by atoms with Crippen LogP contribution in [0.25, 0.3) is 10.2 Å². The number of aromatic nitrogens is 1. The number of hydrogen-bond acceptors (Lipinski definition) is 5. The molecule has 0 saturated heterocycles. The van der Waals surface area contributed by atoms with Crippen molar-refractivity contribution in [2.45, 2.75) is 19.8 Å². The topological polar surface area (TPSA) is 60.5 Å². The number of fused-ring (bicyclic) bond motifs is 1. The van der Waals surface area contributed by atoms with E-state index in [-0.39, 0.29) is 5.91 Å². The highest BCUT2D eigenvalue weighted by molar-refractivity contribution is 7.18. The lowest BCUT2D eigenvalue weighted by molar-refractivity contribution is -0.116. The van der Waals surface area contributed by atoms with Gasteiger partial charge >= 0.3 is 0 Å². The molecule has 6 heteroatoms. The number of hydrogen-bond donors (Lipinski definition) is 1. The van der Waals surface area contributed by atoms with Gasteiger partial charge < -0.3 is 14.8 Å². The third kappa shape index (κ3) is 4.80. The van der Waals surface area contributed by atoms with E-state index in [0.717, 1.165) is 20.8 Å². The molecule has 136 valence electrons. The molecule has 3 rings (SSSR count). The molecule has 0 atom stereocenters. The molecule has 1 heterocycles. The Kier molecular flexibility index (Phi) is 6.20. The SMILES string of the molecule is COCCOc1cc(C)ccc1NC(=O)CCc1nc2ccccc2s1. The summed E-state index contributed by atoms with van der Waals surface area (Å²) in [6, 6.07) is 13.7. The molecule has 0 spiro atoms. The Balaban J connectivity index is 1.60. The smallest absolute Gasteiger partial charge is 0.224 e. The molecular weight excluding hydrogens is 348 g/mol. The Morgan fingerprint density at radius 2 is 2.04 bits per heavy atom. The second kappa shape index (κ2) is 8.78. The number of anilines is 1. The molecule has 0 bridgehead atoms. The van der Waals surface area contributed by atoms with Gasteiger partial charge in [0.15, 0.2) is 0 Å². The fourth-order valence-electron chi connectivity index (χ4n) is 2.55. The van der Waals surface area contributed by atoms with E-state index in [0.29, 0.717) is 37.5 Å². The standard InChI is InChI=1S/C20H22N2O3S/c1-14-7-8-15(17(13-14)25-12-11-24-2)21-19(23)9-10-20-22-16-5-3-4-6-18(16)26-20/h3-8,13H,9-12H2,1-2H3,(H,21,23). The summed E-state index contributed by atoms with van der Waals surface area (Å²) in [7, 11) is 1.63. The number of carbonyl (C=O) groups excluding carboxylic acids is 1. The maximum absolute atomic E-state index is 12.4. The van der Waals surface area contributed by atoms with E-state index in [1.807, 2.05) is 49.4 Å². The molecule has 0 saturated carbocycles. The lowest BCUT2D eigenvalue weighted by atomic mass is 10.2. The van der Waals surface area contributed by atoms with Crippen LogP contribution in [0.4, 0.5) is 5.69 Å². The van der Waals surface area contributed by atoms with Crippen LogP contribution in [0, 0.1) is 6.92 Å². The fraction of sp³-hybridized carbons (Fsp3) is 0.300. The van der Waals surface area contributed by atoms with Crippen LogP contribution in [0.15, 0.2) is 42.5 Å². The molecule has 3 aromatic rings. The van der Waals surface area contributed by atoms with Gasteiger partial charge in [0.2, 0.25) is 5.91 Å². The van der Waals surface area contributed by atoms with Crippen molar-refractivity contribution in [3.63, 3.8) is 0 Å². The van der Waals surface area contributed by atoms with Crippen molar-refractivity contribution in [2.24, 2.45) is 0 Å². The maximum Gasteiger partial charge on any atom is 0.224 e. The quantitative estimate of drug-likeness (QED) is 0.604. The lowest BCUT2D eigenvalue weighted by Crippen LogP contribution is -2.14. The summed E-state index contributed by atoms with van der Waals surface area (Å²) in [5.74, 6) is 0.611. The average Bonchev–Trinajstić information content (AvgIpc) is 3.05. The van der Waals surface area contributed by atoms with Crippen LogP contribution in [0.2, 0.25) is 0 Å². The van der Waals surface area contributed by atoms with E-state index in [1.54, 1.807) is 18.4 Å². The molecule has 2 aromatic carbocycles. The highest BCUT2D eigenvalue weighted by Crippen LogP contribution is 2.26. The lowest BCUT2D eigenvalue weighted by Gasteiger charge is -2.13. The number of para-hydroxylation sites is 1. The van der Waals surface area contributed by atoms with E-state index >= 15 is 0 Å².